The van der Waals surface area contributed by atoms with E-state index in [1.165, 1.54) is 5.56 Å². The Morgan fingerprint density at radius 2 is 1.95 bits per heavy atom. The van der Waals surface area contributed by atoms with E-state index in [1.54, 1.807) is 0 Å². The molecule has 0 aliphatic rings. The van der Waals surface area contributed by atoms with Gasteiger partial charge in [-0.2, -0.15) is 0 Å². The highest BCUT2D eigenvalue weighted by atomic mass is 79.9. The van der Waals surface area contributed by atoms with Gasteiger partial charge in [-0.25, -0.2) is 0 Å². The molecule has 1 unspecified atom stereocenters. The third kappa shape index (κ3) is 4.07. The molecule has 0 saturated carbocycles. The Morgan fingerprint density at radius 3 is 2.63 bits per heavy atom. The van der Waals surface area contributed by atoms with Crippen LogP contribution in [0.1, 0.15) is 24.1 Å². The van der Waals surface area contributed by atoms with Crippen LogP contribution in [0.25, 0.3) is 0 Å². The van der Waals surface area contributed by atoms with Crippen LogP contribution >= 0.6 is 27.5 Å². The quantitative estimate of drug-likeness (QED) is 0.809. The molecule has 0 radical (unpaired) electrons. The molecule has 1 N–H and O–H groups in total. The molecule has 2 aromatic rings. The summed E-state index contributed by atoms with van der Waals surface area (Å²) in [6, 6.07) is 16.7. The molecule has 3 heteroatoms. The van der Waals surface area contributed by atoms with Gasteiger partial charge in [0.15, 0.2) is 0 Å². The van der Waals surface area contributed by atoms with E-state index in [0.717, 1.165) is 28.0 Å². The van der Waals surface area contributed by atoms with Gasteiger partial charge in [0.25, 0.3) is 0 Å². The summed E-state index contributed by atoms with van der Waals surface area (Å²) in [7, 11) is 0. The molecular weight excluding hydrogens is 322 g/mol. The summed E-state index contributed by atoms with van der Waals surface area (Å²) in [5.74, 6) is 0. The lowest BCUT2D eigenvalue weighted by Crippen LogP contribution is -2.23. The van der Waals surface area contributed by atoms with Crippen molar-refractivity contribution in [2.24, 2.45) is 0 Å². The van der Waals surface area contributed by atoms with Crippen molar-refractivity contribution in [3.63, 3.8) is 0 Å². The highest BCUT2D eigenvalue weighted by molar-refractivity contribution is 9.10. The van der Waals surface area contributed by atoms with Crippen molar-refractivity contribution in [3.8, 4) is 0 Å². The molecule has 100 valence electrons. The van der Waals surface area contributed by atoms with Gasteiger partial charge >= 0.3 is 0 Å². The van der Waals surface area contributed by atoms with Gasteiger partial charge in [0, 0.05) is 15.5 Å². The number of hydrogen-bond donors (Lipinski definition) is 1. The number of hydrogen-bond acceptors (Lipinski definition) is 1. The highest BCUT2D eigenvalue weighted by Gasteiger charge is 2.14. The molecule has 0 heterocycles. The van der Waals surface area contributed by atoms with Gasteiger partial charge in [-0.15, -0.1) is 0 Å². The smallest absolute Gasteiger partial charge is 0.0453 e. The Hall–Kier alpha value is -0.830. The van der Waals surface area contributed by atoms with Crippen LogP contribution in [0.2, 0.25) is 5.02 Å². The van der Waals surface area contributed by atoms with Crippen LogP contribution in [-0.2, 0) is 6.42 Å². The summed E-state index contributed by atoms with van der Waals surface area (Å²) in [4.78, 5) is 0. The fourth-order valence-electron chi connectivity index (χ4n) is 2.20. The fourth-order valence-corrected chi connectivity index (χ4v) is 2.91. The first-order valence-corrected chi connectivity index (χ1v) is 7.60. The molecule has 2 aromatic carbocycles. The van der Waals surface area contributed by atoms with E-state index in [1.807, 2.05) is 24.3 Å². The number of benzene rings is 2. The minimum atomic E-state index is 0.244. The molecule has 0 amide bonds. The van der Waals surface area contributed by atoms with Crippen LogP contribution in [0.5, 0.6) is 0 Å². The van der Waals surface area contributed by atoms with Gasteiger partial charge in [-0.05, 0) is 42.3 Å². The van der Waals surface area contributed by atoms with Crippen LogP contribution in [-0.4, -0.2) is 6.54 Å². The SMILES string of the molecule is CCNC(Cc1cccc(Br)c1)c1ccccc1Cl. The Morgan fingerprint density at radius 1 is 1.16 bits per heavy atom. The molecule has 0 fully saturated rings. The van der Waals surface area contributed by atoms with Crippen molar-refractivity contribution in [2.45, 2.75) is 19.4 Å². The fraction of sp³-hybridized carbons (Fsp3) is 0.250. The minimum absolute atomic E-state index is 0.244. The van der Waals surface area contributed by atoms with E-state index in [2.05, 4.69) is 52.4 Å². The largest absolute Gasteiger partial charge is 0.310 e. The number of halogens is 2. The minimum Gasteiger partial charge on any atom is -0.310 e. The lowest BCUT2D eigenvalue weighted by atomic mass is 9.99. The van der Waals surface area contributed by atoms with Crippen LogP contribution in [0.3, 0.4) is 0 Å². The van der Waals surface area contributed by atoms with E-state index >= 15 is 0 Å². The molecule has 1 atom stereocenters. The van der Waals surface area contributed by atoms with Crippen molar-refractivity contribution in [3.05, 3.63) is 69.2 Å². The van der Waals surface area contributed by atoms with Crippen LogP contribution in [0.15, 0.2) is 53.0 Å². The van der Waals surface area contributed by atoms with Crippen molar-refractivity contribution in [1.29, 1.82) is 0 Å². The van der Waals surface area contributed by atoms with Gasteiger partial charge in [0.2, 0.25) is 0 Å². The van der Waals surface area contributed by atoms with Crippen molar-refractivity contribution < 1.29 is 0 Å². The van der Waals surface area contributed by atoms with Gasteiger partial charge in [0.1, 0.15) is 0 Å². The normalized spacial score (nSPS) is 12.4. The lowest BCUT2D eigenvalue weighted by Gasteiger charge is -2.20. The van der Waals surface area contributed by atoms with Crippen LogP contribution in [0.4, 0.5) is 0 Å². The number of likely N-dealkylation sites (N-methyl/N-ethyl adjacent to an activating group) is 1. The van der Waals surface area contributed by atoms with Crippen molar-refractivity contribution in [1.82, 2.24) is 5.32 Å². The first-order valence-electron chi connectivity index (χ1n) is 6.43. The van der Waals surface area contributed by atoms with E-state index in [4.69, 9.17) is 11.6 Å². The maximum atomic E-state index is 6.30. The molecule has 0 spiro atoms. The predicted molar refractivity (Wildman–Crippen MR) is 85.7 cm³/mol. The summed E-state index contributed by atoms with van der Waals surface area (Å²) < 4.78 is 1.11. The first kappa shape index (κ1) is 14.6. The zero-order valence-electron chi connectivity index (χ0n) is 10.9. The van der Waals surface area contributed by atoms with Gasteiger partial charge in [0.05, 0.1) is 0 Å². The molecular formula is C16H17BrClN. The summed E-state index contributed by atoms with van der Waals surface area (Å²) >= 11 is 9.82. The molecule has 0 aliphatic carbocycles. The Balaban J connectivity index is 2.24. The highest BCUT2D eigenvalue weighted by Crippen LogP contribution is 2.26. The molecule has 1 nitrogen and oxygen atoms in total. The monoisotopic (exact) mass is 337 g/mol. The maximum Gasteiger partial charge on any atom is 0.0453 e. The first-order chi connectivity index (χ1) is 9.20. The molecule has 0 saturated heterocycles. The van der Waals surface area contributed by atoms with E-state index in [-0.39, 0.29) is 6.04 Å². The number of rotatable bonds is 5. The summed E-state index contributed by atoms with van der Waals surface area (Å²) in [6.07, 6.45) is 0.928. The maximum absolute atomic E-state index is 6.30. The third-order valence-electron chi connectivity index (χ3n) is 3.06. The standard InChI is InChI=1S/C16H17BrClN/c1-2-19-16(14-8-3-4-9-15(14)18)11-12-6-5-7-13(17)10-12/h3-10,16,19H,2,11H2,1H3. The Kier molecular flexibility index (Phi) is 5.44. The molecule has 0 aromatic heterocycles. The summed E-state index contributed by atoms with van der Waals surface area (Å²) in [5.41, 5.74) is 2.45. The third-order valence-corrected chi connectivity index (χ3v) is 3.90. The number of nitrogens with one attached hydrogen (secondary N) is 1. The van der Waals surface area contributed by atoms with E-state index in [9.17, 15) is 0 Å². The topological polar surface area (TPSA) is 12.0 Å². The summed E-state index contributed by atoms with van der Waals surface area (Å²) in [6.45, 7) is 3.04. The second-order valence-corrected chi connectivity index (χ2v) is 5.79. The molecule has 0 bridgehead atoms. The zero-order valence-corrected chi connectivity index (χ0v) is 13.2. The van der Waals surface area contributed by atoms with E-state index in [0.29, 0.717) is 0 Å². The average molecular weight is 339 g/mol. The van der Waals surface area contributed by atoms with Crippen LogP contribution in [0, 0.1) is 0 Å². The lowest BCUT2D eigenvalue weighted by molar-refractivity contribution is 0.550. The van der Waals surface area contributed by atoms with E-state index < -0.39 is 0 Å². The second-order valence-electron chi connectivity index (χ2n) is 4.47. The van der Waals surface area contributed by atoms with Gasteiger partial charge in [-0.3, -0.25) is 0 Å². The Bertz CT molecular complexity index is 542. The summed E-state index contributed by atoms with van der Waals surface area (Å²) in [5, 5.41) is 4.33. The predicted octanol–water partition coefficient (Wildman–Crippen LogP) is 5.00. The van der Waals surface area contributed by atoms with Gasteiger partial charge < -0.3 is 5.32 Å². The molecule has 2 rings (SSSR count). The molecule has 0 aliphatic heterocycles. The average Bonchev–Trinajstić information content (AvgIpc) is 2.39. The van der Waals surface area contributed by atoms with Crippen LogP contribution < -0.4 is 5.32 Å². The zero-order chi connectivity index (χ0) is 13.7. The van der Waals surface area contributed by atoms with Crippen molar-refractivity contribution >= 4 is 27.5 Å². The Labute approximate surface area is 128 Å². The second kappa shape index (κ2) is 7.09. The molecule has 19 heavy (non-hydrogen) atoms. The van der Waals surface area contributed by atoms with Crippen molar-refractivity contribution in [2.75, 3.05) is 6.54 Å². The van der Waals surface area contributed by atoms with Gasteiger partial charge in [-0.1, -0.05) is 64.8 Å².